The highest BCUT2D eigenvalue weighted by molar-refractivity contribution is 7.14. The molecule has 4 aromatic rings. The van der Waals surface area contributed by atoms with E-state index in [9.17, 15) is 0 Å². The van der Waals surface area contributed by atoms with Crippen molar-refractivity contribution in [1.82, 2.24) is 24.6 Å². The van der Waals surface area contributed by atoms with E-state index in [0.29, 0.717) is 5.78 Å². The number of fused-ring (bicyclic) bond motifs is 1. The van der Waals surface area contributed by atoms with Gasteiger partial charge in [-0.1, -0.05) is 30.3 Å². The van der Waals surface area contributed by atoms with Gasteiger partial charge in [-0.15, -0.1) is 11.3 Å². The van der Waals surface area contributed by atoms with Gasteiger partial charge in [-0.3, -0.25) is 0 Å². The van der Waals surface area contributed by atoms with Crippen molar-refractivity contribution in [3.05, 3.63) is 53.8 Å². The highest BCUT2D eigenvalue weighted by Gasteiger charge is 2.06. The molecule has 126 valence electrons. The van der Waals surface area contributed by atoms with Gasteiger partial charge >= 0.3 is 0 Å². The van der Waals surface area contributed by atoms with Gasteiger partial charge in [0.05, 0.1) is 5.69 Å². The summed E-state index contributed by atoms with van der Waals surface area (Å²) in [6.45, 7) is 3.43. The predicted molar refractivity (Wildman–Crippen MR) is 100 cm³/mol. The lowest BCUT2D eigenvalue weighted by atomic mass is 10.2. The fourth-order valence-electron chi connectivity index (χ4n) is 2.51. The van der Waals surface area contributed by atoms with Crippen molar-refractivity contribution in [3.63, 3.8) is 0 Å². The molecule has 3 heterocycles. The van der Waals surface area contributed by atoms with Crippen LogP contribution in [0.1, 0.15) is 5.69 Å². The van der Waals surface area contributed by atoms with Crippen molar-refractivity contribution in [2.45, 2.75) is 6.92 Å². The van der Waals surface area contributed by atoms with E-state index in [1.165, 1.54) is 6.33 Å². The summed E-state index contributed by atoms with van der Waals surface area (Å²) >= 11 is 1.61. The van der Waals surface area contributed by atoms with Crippen LogP contribution in [0.5, 0.6) is 0 Å². The van der Waals surface area contributed by atoms with Gasteiger partial charge in [-0.2, -0.15) is 14.6 Å². The number of nitrogens with one attached hydrogen (secondary N) is 2. The van der Waals surface area contributed by atoms with Crippen LogP contribution in [0.3, 0.4) is 0 Å². The summed E-state index contributed by atoms with van der Waals surface area (Å²) in [5.74, 6) is 1.48. The number of anilines is 2. The van der Waals surface area contributed by atoms with Crippen molar-refractivity contribution in [2.24, 2.45) is 0 Å². The Balaban J connectivity index is 1.35. The molecule has 1 aromatic carbocycles. The van der Waals surface area contributed by atoms with Crippen molar-refractivity contribution >= 4 is 28.1 Å². The Hall–Kier alpha value is -3.00. The van der Waals surface area contributed by atoms with Crippen molar-refractivity contribution in [1.29, 1.82) is 0 Å². The highest BCUT2D eigenvalue weighted by Crippen LogP contribution is 2.24. The van der Waals surface area contributed by atoms with E-state index in [1.807, 2.05) is 31.2 Å². The van der Waals surface area contributed by atoms with Crippen molar-refractivity contribution in [3.8, 4) is 11.3 Å². The van der Waals surface area contributed by atoms with Crippen LogP contribution in [0.4, 0.5) is 10.9 Å². The molecule has 25 heavy (non-hydrogen) atoms. The zero-order valence-corrected chi connectivity index (χ0v) is 14.5. The first kappa shape index (κ1) is 15.5. The molecule has 2 N–H and O–H groups in total. The van der Waals surface area contributed by atoms with E-state index >= 15 is 0 Å². The molecule has 0 fully saturated rings. The van der Waals surface area contributed by atoms with E-state index in [1.54, 1.807) is 15.9 Å². The molecule has 0 amide bonds. The van der Waals surface area contributed by atoms with E-state index in [-0.39, 0.29) is 0 Å². The summed E-state index contributed by atoms with van der Waals surface area (Å²) in [6, 6.07) is 12.1. The van der Waals surface area contributed by atoms with Crippen LogP contribution in [-0.4, -0.2) is 37.7 Å². The smallest absolute Gasteiger partial charge is 0.254 e. The van der Waals surface area contributed by atoms with Crippen LogP contribution in [-0.2, 0) is 0 Å². The number of aryl methyl sites for hydroxylation is 1. The van der Waals surface area contributed by atoms with Crippen LogP contribution in [0.2, 0.25) is 0 Å². The molecule has 0 aliphatic heterocycles. The minimum Gasteiger partial charge on any atom is -0.368 e. The molecule has 3 aromatic heterocycles. The maximum Gasteiger partial charge on any atom is 0.254 e. The summed E-state index contributed by atoms with van der Waals surface area (Å²) in [7, 11) is 0. The minimum atomic E-state index is 0.600. The molecule has 0 saturated carbocycles. The second-order valence-corrected chi connectivity index (χ2v) is 6.37. The van der Waals surface area contributed by atoms with Crippen LogP contribution in [0.15, 0.2) is 48.1 Å². The summed E-state index contributed by atoms with van der Waals surface area (Å²) in [5.41, 5.74) is 3.03. The Kier molecular flexibility index (Phi) is 4.26. The maximum absolute atomic E-state index is 4.62. The van der Waals surface area contributed by atoms with E-state index in [2.05, 4.69) is 48.2 Å². The molecule has 0 radical (unpaired) electrons. The van der Waals surface area contributed by atoms with Gasteiger partial charge < -0.3 is 10.6 Å². The third-order valence-electron chi connectivity index (χ3n) is 3.66. The van der Waals surface area contributed by atoms with Crippen LogP contribution in [0, 0.1) is 6.92 Å². The van der Waals surface area contributed by atoms with Crippen LogP contribution in [0.25, 0.3) is 17.0 Å². The standard InChI is InChI=1S/C17H17N7S/c1-12-9-15(24-16(22-12)20-11-21-24)18-7-8-19-17-23-14(10-25-17)13-5-3-2-4-6-13/h2-6,9-11,18H,7-8H2,1H3,(H,19,23). The first-order chi connectivity index (χ1) is 12.3. The first-order valence-electron chi connectivity index (χ1n) is 7.96. The lowest BCUT2D eigenvalue weighted by molar-refractivity contribution is 0.915. The third-order valence-corrected chi connectivity index (χ3v) is 4.46. The maximum atomic E-state index is 4.62. The van der Waals surface area contributed by atoms with Gasteiger partial charge in [0.15, 0.2) is 5.13 Å². The Bertz CT molecular complexity index is 977. The Morgan fingerprint density at radius 1 is 1.08 bits per heavy atom. The van der Waals surface area contributed by atoms with Gasteiger partial charge in [0.1, 0.15) is 12.1 Å². The molecule has 0 saturated heterocycles. The Morgan fingerprint density at radius 3 is 2.80 bits per heavy atom. The summed E-state index contributed by atoms with van der Waals surface area (Å²) < 4.78 is 1.70. The number of rotatable bonds is 6. The highest BCUT2D eigenvalue weighted by atomic mass is 32.1. The lowest BCUT2D eigenvalue weighted by Crippen LogP contribution is -2.16. The molecule has 7 nitrogen and oxygen atoms in total. The number of benzene rings is 1. The summed E-state index contributed by atoms with van der Waals surface area (Å²) in [5, 5.41) is 13.9. The molecule has 0 aliphatic rings. The zero-order valence-electron chi connectivity index (χ0n) is 13.7. The topological polar surface area (TPSA) is 80.0 Å². The van der Waals surface area contributed by atoms with E-state index in [4.69, 9.17) is 0 Å². The largest absolute Gasteiger partial charge is 0.368 e. The van der Waals surface area contributed by atoms with Gasteiger partial charge in [0, 0.05) is 35.8 Å². The second-order valence-electron chi connectivity index (χ2n) is 5.51. The normalized spacial score (nSPS) is 10.9. The molecular weight excluding hydrogens is 334 g/mol. The third kappa shape index (κ3) is 3.43. The van der Waals surface area contributed by atoms with Gasteiger partial charge in [0.2, 0.25) is 0 Å². The SMILES string of the molecule is Cc1cc(NCCNc2nc(-c3ccccc3)cs2)n2ncnc2n1. The average Bonchev–Trinajstić information content (AvgIpc) is 3.28. The van der Waals surface area contributed by atoms with Crippen LogP contribution >= 0.6 is 11.3 Å². The van der Waals surface area contributed by atoms with Gasteiger partial charge in [0.25, 0.3) is 5.78 Å². The second kappa shape index (κ2) is 6.86. The number of hydrogen-bond donors (Lipinski definition) is 2. The lowest BCUT2D eigenvalue weighted by Gasteiger charge is -2.09. The molecule has 4 rings (SSSR count). The molecule has 0 unspecified atom stereocenters. The van der Waals surface area contributed by atoms with Gasteiger partial charge in [-0.25, -0.2) is 9.97 Å². The van der Waals surface area contributed by atoms with E-state index in [0.717, 1.165) is 41.0 Å². The predicted octanol–water partition coefficient (Wildman–Crippen LogP) is 3.08. The fraction of sp³-hybridized carbons (Fsp3) is 0.176. The summed E-state index contributed by atoms with van der Waals surface area (Å²) in [6.07, 6.45) is 1.51. The molecule has 0 aliphatic carbocycles. The van der Waals surface area contributed by atoms with Gasteiger partial charge in [-0.05, 0) is 6.92 Å². The number of nitrogens with zero attached hydrogens (tertiary/aromatic N) is 5. The molecule has 0 spiro atoms. The Morgan fingerprint density at radius 2 is 1.92 bits per heavy atom. The molecule has 0 atom stereocenters. The fourth-order valence-corrected chi connectivity index (χ4v) is 3.26. The average molecular weight is 351 g/mol. The van der Waals surface area contributed by atoms with Crippen molar-refractivity contribution in [2.75, 3.05) is 23.7 Å². The first-order valence-corrected chi connectivity index (χ1v) is 8.83. The van der Waals surface area contributed by atoms with Crippen molar-refractivity contribution < 1.29 is 0 Å². The Labute approximate surface area is 148 Å². The summed E-state index contributed by atoms with van der Waals surface area (Å²) in [4.78, 5) is 13.1. The number of aromatic nitrogens is 5. The monoisotopic (exact) mass is 351 g/mol. The number of hydrogen-bond acceptors (Lipinski definition) is 7. The van der Waals surface area contributed by atoms with Crippen LogP contribution < -0.4 is 10.6 Å². The molecular formula is C17H17N7S. The molecule has 8 heteroatoms. The van der Waals surface area contributed by atoms with E-state index < -0.39 is 0 Å². The number of thiazole rings is 1. The quantitative estimate of drug-likeness (QED) is 0.520. The molecule has 0 bridgehead atoms. The minimum absolute atomic E-state index is 0.600. The zero-order chi connectivity index (χ0) is 17.1.